The Bertz CT molecular complexity index is 328. The Hall–Kier alpha value is -0.370. The highest BCUT2D eigenvalue weighted by atomic mass is 16.2. The summed E-state index contributed by atoms with van der Waals surface area (Å²) in [5.74, 6) is 4.48. The lowest BCUT2D eigenvalue weighted by atomic mass is 9.51. The molecule has 0 aliphatic heterocycles. The average Bonchev–Trinajstić information content (AvgIpc) is 2.58. The van der Waals surface area contributed by atoms with Gasteiger partial charge in [-0.15, -0.1) is 0 Å². The number of aliphatic hydroxyl groups is 1. The standard InChI is InChI=1S/C17H28O.C2H6.CH4O/c1-12-5-7-14-13(10-12)6-8-16-15(14)4-3-9-17(16,2)11-18;2*1-2/h11-16H,3-10H2,1-2H3;1-2H3;2H,1H3/t12?,13?,14?,15?,16?,17-;;/m0../s1. The molecule has 6 atom stereocenters. The number of rotatable bonds is 1. The molecule has 3 aliphatic rings. The van der Waals surface area contributed by atoms with Crippen LogP contribution in [0.25, 0.3) is 0 Å². The van der Waals surface area contributed by atoms with Crippen molar-refractivity contribution in [2.75, 3.05) is 7.11 Å². The predicted molar refractivity (Wildman–Crippen MR) is 93.7 cm³/mol. The monoisotopic (exact) mass is 310 g/mol. The molecular formula is C20H38O2. The van der Waals surface area contributed by atoms with E-state index in [9.17, 15) is 4.79 Å². The van der Waals surface area contributed by atoms with Crippen molar-refractivity contribution in [1.29, 1.82) is 0 Å². The molecule has 5 unspecified atom stereocenters. The van der Waals surface area contributed by atoms with Crippen LogP contribution in [-0.4, -0.2) is 18.5 Å². The fraction of sp³-hybridized carbons (Fsp3) is 0.950. The van der Waals surface area contributed by atoms with E-state index in [1.165, 1.54) is 51.2 Å². The van der Waals surface area contributed by atoms with E-state index < -0.39 is 0 Å². The molecule has 2 heteroatoms. The third kappa shape index (κ3) is 3.93. The molecule has 22 heavy (non-hydrogen) atoms. The lowest BCUT2D eigenvalue weighted by Gasteiger charge is -2.54. The lowest BCUT2D eigenvalue weighted by Crippen LogP contribution is -2.47. The fourth-order valence-corrected chi connectivity index (χ4v) is 5.61. The van der Waals surface area contributed by atoms with Crippen LogP contribution >= 0.6 is 0 Å². The molecule has 0 aromatic heterocycles. The first-order valence-electron chi connectivity index (χ1n) is 9.55. The van der Waals surface area contributed by atoms with Crippen molar-refractivity contribution in [2.45, 2.75) is 79.1 Å². The van der Waals surface area contributed by atoms with Crippen LogP contribution in [0.1, 0.15) is 79.1 Å². The van der Waals surface area contributed by atoms with Gasteiger partial charge in [0, 0.05) is 12.5 Å². The number of aliphatic hydroxyl groups excluding tert-OH is 1. The number of fused-ring (bicyclic) bond motifs is 3. The second kappa shape index (κ2) is 9.05. The summed E-state index contributed by atoms with van der Waals surface area (Å²) >= 11 is 0. The maximum absolute atomic E-state index is 11.5. The van der Waals surface area contributed by atoms with Gasteiger partial charge in [0.05, 0.1) is 0 Å². The SMILES string of the molecule is CC.CC1CCC2C(CCC3C2CCC[C@@]3(C)C=O)C1.CO. The minimum atomic E-state index is 0.0109. The first-order valence-corrected chi connectivity index (χ1v) is 9.55. The van der Waals surface area contributed by atoms with Gasteiger partial charge in [0.25, 0.3) is 0 Å². The minimum absolute atomic E-state index is 0.0109. The maximum Gasteiger partial charge on any atom is 0.126 e. The number of hydrogen-bond acceptors (Lipinski definition) is 2. The Morgan fingerprint density at radius 2 is 1.68 bits per heavy atom. The smallest absolute Gasteiger partial charge is 0.126 e. The van der Waals surface area contributed by atoms with Crippen molar-refractivity contribution < 1.29 is 9.90 Å². The molecule has 0 bridgehead atoms. The fourth-order valence-electron chi connectivity index (χ4n) is 5.61. The summed E-state index contributed by atoms with van der Waals surface area (Å²) in [4.78, 5) is 11.5. The lowest BCUT2D eigenvalue weighted by molar-refractivity contribution is -0.127. The molecule has 3 rings (SSSR count). The highest BCUT2D eigenvalue weighted by Gasteiger charge is 2.49. The normalized spacial score (nSPS) is 43.3. The Labute approximate surface area is 138 Å². The molecular weight excluding hydrogens is 272 g/mol. The van der Waals surface area contributed by atoms with Gasteiger partial charge in [-0.25, -0.2) is 0 Å². The molecule has 130 valence electrons. The van der Waals surface area contributed by atoms with E-state index in [0.717, 1.165) is 37.2 Å². The van der Waals surface area contributed by atoms with E-state index in [-0.39, 0.29) is 5.41 Å². The molecule has 0 saturated heterocycles. The van der Waals surface area contributed by atoms with E-state index in [0.29, 0.717) is 5.92 Å². The van der Waals surface area contributed by atoms with Crippen LogP contribution in [-0.2, 0) is 4.79 Å². The first-order chi connectivity index (χ1) is 10.6. The van der Waals surface area contributed by atoms with Crippen molar-refractivity contribution in [3.63, 3.8) is 0 Å². The van der Waals surface area contributed by atoms with Gasteiger partial charge in [0.2, 0.25) is 0 Å². The Morgan fingerprint density at radius 1 is 1.00 bits per heavy atom. The second-order valence-electron chi connectivity index (χ2n) is 7.71. The molecule has 3 saturated carbocycles. The van der Waals surface area contributed by atoms with Gasteiger partial charge < -0.3 is 9.90 Å². The molecule has 0 aromatic carbocycles. The summed E-state index contributed by atoms with van der Waals surface area (Å²) < 4.78 is 0. The number of aldehydes is 1. The molecule has 2 nitrogen and oxygen atoms in total. The van der Waals surface area contributed by atoms with E-state index in [1.807, 2.05) is 13.8 Å². The molecule has 0 radical (unpaired) electrons. The third-order valence-electron chi connectivity index (χ3n) is 6.59. The number of hydrogen-bond donors (Lipinski definition) is 1. The van der Waals surface area contributed by atoms with Gasteiger partial charge in [0.15, 0.2) is 0 Å². The minimum Gasteiger partial charge on any atom is -0.400 e. The van der Waals surface area contributed by atoms with Crippen LogP contribution in [0.3, 0.4) is 0 Å². The van der Waals surface area contributed by atoms with Crippen LogP contribution in [0.15, 0.2) is 0 Å². The van der Waals surface area contributed by atoms with Crippen molar-refractivity contribution in [3.8, 4) is 0 Å². The van der Waals surface area contributed by atoms with Crippen LogP contribution in [0, 0.1) is 35.0 Å². The van der Waals surface area contributed by atoms with Crippen molar-refractivity contribution in [3.05, 3.63) is 0 Å². The van der Waals surface area contributed by atoms with E-state index in [2.05, 4.69) is 13.8 Å². The zero-order valence-corrected chi connectivity index (χ0v) is 15.5. The molecule has 0 spiro atoms. The molecule has 1 N–H and O–H groups in total. The van der Waals surface area contributed by atoms with Gasteiger partial charge in [0.1, 0.15) is 6.29 Å². The van der Waals surface area contributed by atoms with Crippen LogP contribution in [0.4, 0.5) is 0 Å². The van der Waals surface area contributed by atoms with Gasteiger partial charge in [-0.2, -0.15) is 0 Å². The summed E-state index contributed by atoms with van der Waals surface area (Å²) in [6, 6.07) is 0. The van der Waals surface area contributed by atoms with E-state index in [4.69, 9.17) is 5.11 Å². The summed E-state index contributed by atoms with van der Waals surface area (Å²) in [6.45, 7) is 8.67. The predicted octanol–water partition coefficient (Wildman–Crippen LogP) is 5.09. The Kier molecular flexibility index (Phi) is 8.10. The summed E-state index contributed by atoms with van der Waals surface area (Å²) in [7, 11) is 1.00. The van der Waals surface area contributed by atoms with Crippen LogP contribution < -0.4 is 0 Å². The topological polar surface area (TPSA) is 37.3 Å². The zero-order valence-electron chi connectivity index (χ0n) is 15.5. The first kappa shape index (κ1) is 19.7. The molecule has 0 amide bonds. The molecule has 3 aliphatic carbocycles. The van der Waals surface area contributed by atoms with Crippen molar-refractivity contribution in [1.82, 2.24) is 0 Å². The Morgan fingerprint density at radius 3 is 2.32 bits per heavy atom. The summed E-state index contributed by atoms with van der Waals surface area (Å²) in [5.41, 5.74) is 0.0109. The van der Waals surface area contributed by atoms with Crippen molar-refractivity contribution in [2.24, 2.45) is 35.0 Å². The van der Waals surface area contributed by atoms with E-state index >= 15 is 0 Å². The van der Waals surface area contributed by atoms with Gasteiger partial charge in [-0.3, -0.25) is 0 Å². The third-order valence-corrected chi connectivity index (χ3v) is 6.59. The number of carbonyl (C=O) groups is 1. The average molecular weight is 311 g/mol. The van der Waals surface area contributed by atoms with Gasteiger partial charge >= 0.3 is 0 Å². The zero-order chi connectivity index (χ0) is 16.8. The van der Waals surface area contributed by atoms with Crippen LogP contribution in [0.2, 0.25) is 0 Å². The van der Waals surface area contributed by atoms with Crippen molar-refractivity contribution >= 4 is 6.29 Å². The largest absolute Gasteiger partial charge is 0.400 e. The maximum atomic E-state index is 11.5. The summed E-state index contributed by atoms with van der Waals surface area (Å²) in [6.07, 6.45) is 12.2. The molecule has 0 heterocycles. The van der Waals surface area contributed by atoms with Gasteiger partial charge in [-0.1, -0.05) is 40.5 Å². The van der Waals surface area contributed by atoms with Crippen LogP contribution in [0.5, 0.6) is 0 Å². The molecule has 3 fully saturated rings. The second-order valence-corrected chi connectivity index (χ2v) is 7.71. The van der Waals surface area contributed by atoms with Gasteiger partial charge in [-0.05, 0) is 68.1 Å². The number of carbonyl (C=O) groups excluding carboxylic acids is 1. The molecule has 0 aromatic rings. The summed E-state index contributed by atoms with van der Waals surface area (Å²) in [5, 5.41) is 7.00. The Balaban J connectivity index is 0.000000561. The highest BCUT2D eigenvalue weighted by molar-refractivity contribution is 5.59. The quantitative estimate of drug-likeness (QED) is 0.685. The van der Waals surface area contributed by atoms with E-state index in [1.54, 1.807) is 0 Å². The highest BCUT2D eigenvalue weighted by Crippen LogP contribution is 2.56.